The van der Waals surface area contributed by atoms with Crippen molar-refractivity contribution in [1.82, 2.24) is 10.1 Å². The van der Waals surface area contributed by atoms with E-state index in [1.807, 2.05) is 12.1 Å². The first kappa shape index (κ1) is 17.2. The Balaban J connectivity index is 1.53. The van der Waals surface area contributed by atoms with E-state index in [1.54, 1.807) is 23.6 Å². The summed E-state index contributed by atoms with van der Waals surface area (Å²) in [5.41, 5.74) is 2.36. The van der Waals surface area contributed by atoms with Crippen LogP contribution < -0.4 is 4.72 Å². The third kappa shape index (κ3) is 3.52. The van der Waals surface area contributed by atoms with E-state index in [0.29, 0.717) is 34.8 Å². The molecule has 136 valence electrons. The van der Waals surface area contributed by atoms with Crippen LogP contribution in [-0.4, -0.2) is 18.6 Å². The van der Waals surface area contributed by atoms with E-state index in [4.69, 9.17) is 4.52 Å². The fraction of sp³-hybridized carbons (Fsp3) is 0.333. The van der Waals surface area contributed by atoms with Gasteiger partial charge in [0.25, 0.3) is 10.0 Å². The van der Waals surface area contributed by atoms with Gasteiger partial charge in [-0.2, -0.15) is 4.98 Å². The molecule has 2 aromatic heterocycles. The second kappa shape index (κ2) is 6.51. The topological polar surface area (TPSA) is 85.1 Å². The van der Waals surface area contributed by atoms with E-state index in [9.17, 15) is 8.42 Å². The van der Waals surface area contributed by atoms with E-state index >= 15 is 0 Å². The minimum atomic E-state index is -3.65. The molecule has 1 aromatic carbocycles. The second-order valence-corrected chi connectivity index (χ2v) is 9.59. The molecule has 0 radical (unpaired) electrons. The second-order valence-electron chi connectivity index (χ2n) is 6.77. The van der Waals surface area contributed by atoms with Crippen molar-refractivity contribution in [3.63, 3.8) is 0 Å². The molecule has 6 nitrogen and oxygen atoms in total. The highest BCUT2D eigenvalue weighted by Crippen LogP contribution is 2.40. The molecular formula is C18H19N3O3S2. The minimum Gasteiger partial charge on any atom is -0.339 e. The van der Waals surface area contributed by atoms with Gasteiger partial charge in [-0.25, -0.2) is 8.42 Å². The van der Waals surface area contributed by atoms with Gasteiger partial charge >= 0.3 is 0 Å². The molecule has 8 heteroatoms. The SMILES string of the molecule is CC(C)c1ccc(NS(=O)(=O)c2cc(-c3noc(C4CC4)n3)cs2)cc1. The van der Waals surface area contributed by atoms with E-state index in [-0.39, 0.29) is 4.21 Å². The maximum atomic E-state index is 12.6. The number of benzene rings is 1. The Morgan fingerprint density at radius 3 is 2.62 bits per heavy atom. The molecule has 0 amide bonds. The molecular weight excluding hydrogens is 370 g/mol. The van der Waals surface area contributed by atoms with Crippen LogP contribution in [0.15, 0.2) is 44.4 Å². The highest BCUT2D eigenvalue weighted by atomic mass is 32.2. The Labute approximate surface area is 156 Å². The highest BCUT2D eigenvalue weighted by Gasteiger charge is 2.30. The highest BCUT2D eigenvalue weighted by molar-refractivity contribution is 7.94. The maximum Gasteiger partial charge on any atom is 0.271 e. The lowest BCUT2D eigenvalue weighted by molar-refractivity contribution is 0.380. The summed E-state index contributed by atoms with van der Waals surface area (Å²) in [7, 11) is -3.65. The van der Waals surface area contributed by atoms with Crippen molar-refractivity contribution in [2.75, 3.05) is 4.72 Å². The summed E-state index contributed by atoms with van der Waals surface area (Å²) in [5.74, 6) is 1.84. The van der Waals surface area contributed by atoms with E-state index in [0.717, 1.165) is 29.7 Å². The summed E-state index contributed by atoms with van der Waals surface area (Å²) in [5, 5.41) is 5.69. The Morgan fingerprint density at radius 2 is 1.96 bits per heavy atom. The number of nitrogens with zero attached hydrogens (tertiary/aromatic N) is 2. The number of thiophene rings is 1. The maximum absolute atomic E-state index is 12.6. The third-order valence-electron chi connectivity index (χ3n) is 4.30. The number of nitrogens with one attached hydrogen (secondary N) is 1. The van der Waals surface area contributed by atoms with Gasteiger partial charge in [0, 0.05) is 22.5 Å². The van der Waals surface area contributed by atoms with Crippen molar-refractivity contribution in [2.45, 2.75) is 42.7 Å². The van der Waals surface area contributed by atoms with Gasteiger partial charge in [-0.1, -0.05) is 31.1 Å². The van der Waals surface area contributed by atoms with Gasteiger partial charge in [-0.05, 0) is 42.5 Å². The van der Waals surface area contributed by atoms with Gasteiger partial charge in [-0.15, -0.1) is 11.3 Å². The van der Waals surface area contributed by atoms with Crippen molar-refractivity contribution < 1.29 is 12.9 Å². The quantitative estimate of drug-likeness (QED) is 0.666. The molecule has 0 unspecified atom stereocenters. The van der Waals surface area contributed by atoms with Crippen molar-refractivity contribution in [3.05, 3.63) is 47.2 Å². The predicted octanol–water partition coefficient (Wildman–Crippen LogP) is 4.60. The molecule has 0 aliphatic heterocycles. The summed E-state index contributed by atoms with van der Waals surface area (Å²) in [6.07, 6.45) is 2.15. The first-order valence-electron chi connectivity index (χ1n) is 8.47. The summed E-state index contributed by atoms with van der Waals surface area (Å²) in [6, 6.07) is 9.00. The normalized spacial score (nSPS) is 14.7. The molecule has 0 spiro atoms. The first-order valence-corrected chi connectivity index (χ1v) is 10.8. The van der Waals surface area contributed by atoms with E-state index in [1.165, 1.54) is 0 Å². The van der Waals surface area contributed by atoms with Gasteiger partial charge in [-0.3, -0.25) is 4.72 Å². The number of sulfonamides is 1. The number of rotatable bonds is 6. The lowest BCUT2D eigenvalue weighted by Crippen LogP contribution is -2.11. The minimum absolute atomic E-state index is 0.221. The lowest BCUT2D eigenvalue weighted by atomic mass is 10.0. The van der Waals surface area contributed by atoms with Gasteiger partial charge in [0.05, 0.1) is 0 Å². The van der Waals surface area contributed by atoms with Crippen LogP contribution in [0.1, 0.15) is 50.0 Å². The van der Waals surface area contributed by atoms with Crippen LogP contribution >= 0.6 is 11.3 Å². The largest absolute Gasteiger partial charge is 0.339 e. The predicted molar refractivity (Wildman–Crippen MR) is 101 cm³/mol. The zero-order valence-electron chi connectivity index (χ0n) is 14.5. The summed E-state index contributed by atoms with van der Waals surface area (Å²) >= 11 is 1.14. The molecule has 0 atom stereocenters. The van der Waals surface area contributed by atoms with E-state index < -0.39 is 10.0 Å². The van der Waals surface area contributed by atoms with Crippen molar-refractivity contribution >= 4 is 27.0 Å². The van der Waals surface area contributed by atoms with Crippen molar-refractivity contribution in [2.24, 2.45) is 0 Å². The van der Waals surface area contributed by atoms with Crippen LogP contribution in [0.2, 0.25) is 0 Å². The van der Waals surface area contributed by atoms with E-state index in [2.05, 4.69) is 28.7 Å². The standard InChI is InChI=1S/C18H19N3O3S2/c1-11(2)12-5-7-15(8-6-12)21-26(22,23)16-9-14(10-25-16)17-19-18(24-20-17)13-3-4-13/h5-11,13,21H,3-4H2,1-2H3. The number of hydrogen-bond acceptors (Lipinski definition) is 6. The molecule has 0 bridgehead atoms. The van der Waals surface area contributed by atoms with Crippen molar-refractivity contribution in [1.29, 1.82) is 0 Å². The molecule has 26 heavy (non-hydrogen) atoms. The van der Waals surface area contributed by atoms with Crippen LogP contribution in [0, 0.1) is 0 Å². The molecule has 1 saturated carbocycles. The van der Waals surface area contributed by atoms with Gasteiger partial charge in [0.15, 0.2) is 0 Å². The number of aromatic nitrogens is 2. The smallest absolute Gasteiger partial charge is 0.271 e. The Hall–Kier alpha value is -2.19. The van der Waals surface area contributed by atoms with Crippen LogP contribution in [0.25, 0.3) is 11.4 Å². The van der Waals surface area contributed by atoms with Crippen LogP contribution in [0.3, 0.4) is 0 Å². The Kier molecular flexibility index (Phi) is 4.32. The van der Waals surface area contributed by atoms with Crippen LogP contribution in [0.5, 0.6) is 0 Å². The van der Waals surface area contributed by atoms with Crippen LogP contribution in [-0.2, 0) is 10.0 Å². The van der Waals surface area contributed by atoms with Crippen molar-refractivity contribution in [3.8, 4) is 11.4 Å². The fourth-order valence-electron chi connectivity index (χ4n) is 2.56. The molecule has 0 saturated heterocycles. The molecule has 1 aliphatic rings. The molecule has 3 aromatic rings. The summed E-state index contributed by atoms with van der Waals surface area (Å²) in [4.78, 5) is 4.36. The summed E-state index contributed by atoms with van der Waals surface area (Å²) in [6.45, 7) is 4.19. The molecule has 1 fully saturated rings. The average Bonchev–Trinajstić information content (AvgIpc) is 3.12. The molecule has 2 heterocycles. The average molecular weight is 390 g/mol. The Bertz CT molecular complexity index is 1020. The lowest BCUT2D eigenvalue weighted by Gasteiger charge is -2.09. The third-order valence-corrected chi connectivity index (χ3v) is 7.12. The zero-order chi connectivity index (χ0) is 18.3. The molecule has 1 N–H and O–H groups in total. The number of anilines is 1. The molecule has 1 aliphatic carbocycles. The summed E-state index contributed by atoms with van der Waals surface area (Å²) < 4.78 is 33.3. The van der Waals surface area contributed by atoms with Gasteiger partial charge in [0.2, 0.25) is 11.7 Å². The number of hydrogen-bond donors (Lipinski definition) is 1. The Morgan fingerprint density at radius 1 is 1.23 bits per heavy atom. The zero-order valence-corrected chi connectivity index (χ0v) is 16.1. The monoisotopic (exact) mass is 389 g/mol. The van der Waals surface area contributed by atoms with Crippen LogP contribution in [0.4, 0.5) is 5.69 Å². The van der Waals surface area contributed by atoms with Gasteiger partial charge < -0.3 is 4.52 Å². The molecule has 4 rings (SSSR count). The first-order chi connectivity index (χ1) is 12.4. The van der Waals surface area contributed by atoms with Gasteiger partial charge in [0.1, 0.15) is 4.21 Å². The fourth-order valence-corrected chi connectivity index (χ4v) is 4.78.